The minimum absolute atomic E-state index is 0.203. The van der Waals surface area contributed by atoms with Crippen LogP contribution in [0.4, 0.5) is 8.78 Å². The normalized spacial score (nSPS) is 16.7. The summed E-state index contributed by atoms with van der Waals surface area (Å²) < 4.78 is 28.2. The number of hydrogen-bond acceptors (Lipinski definition) is 1. The molecule has 3 aromatic rings. The Kier molecular flexibility index (Phi) is 7.57. The lowest BCUT2D eigenvalue weighted by Gasteiger charge is -2.39. The number of aryl methyl sites for hydroxylation is 1. The van der Waals surface area contributed by atoms with Crippen molar-refractivity contribution in [3.63, 3.8) is 0 Å². The zero-order valence-electron chi connectivity index (χ0n) is 19.7. The number of halogens is 4. The molecule has 0 N–H and O–H groups in total. The minimum Gasteiger partial charge on any atom is -0.303 e. The molecule has 5 heteroatoms. The first-order valence-corrected chi connectivity index (χ1v) is 13.1. The van der Waals surface area contributed by atoms with Crippen molar-refractivity contribution in [2.45, 2.75) is 32.1 Å². The Morgan fingerprint density at radius 2 is 1.69 bits per heavy atom. The van der Waals surface area contributed by atoms with Gasteiger partial charge in [0.2, 0.25) is 0 Å². The minimum atomic E-state index is -0.268. The van der Waals surface area contributed by atoms with E-state index in [9.17, 15) is 4.39 Å². The van der Waals surface area contributed by atoms with Crippen molar-refractivity contribution >= 4 is 34.3 Å². The monoisotopic (exact) mass is 511 g/mol. The van der Waals surface area contributed by atoms with Crippen LogP contribution in [0.3, 0.4) is 0 Å². The Bertz CT molecular complexity index is 1250. The summed E-state index contributed by atoms with van der Waals surface area (Å²) in [4.78, 5) is 2.27. The molecule has 35 heavy (non-hydrogen) atoms. The lowest BCUT2D eigenvalue weighted by atomic mass is 9.86. The van der Waals surface area contributed by atoms with E-state index in [0.29, 0.717) is 27.9 Å². The van der Waals surface area contributed by atoms with Crippen molar-refractivity contribution in [3.05, 3.63) is 104 Å². The largest absolute Gasteiger partial charge is 0.303 e. The molecule has 0 spiro atoms. The van der Waals surface area contributed by atoms with E-state index in [1.54, 1.807) is 12.1 Å². The number of nitrogens with zero attached hydrogens (tertiary/aromatic N) is 1. The number of alkyl halides is 1. The van der Waals surface area contributed by atoms with Gasteiger partial charge in [0.1, 0.15) is 5.82 Å². The quantitative estimate of drug-likeness (QED) is 0.308. The molecule has 0 amide bonds. The van der Waals surface area contributed by atoms with Crippen LogP contribution in [0.1, 0.15) is 47.1 Å². The molecule has 2 aliphatic rings. The Morgan fingerprint density at radius 1 is 0.886 bits per heavy atom. The molecule has 3 aromatic carbocycles. The SMILES string of the molecule is FCCCN1CC(Cc2ccc(C3=C(c4ccc(Cl)cc4Cl)CCCc4ccccc43)c(F)c2)C1. The van der Waals surface area contributed by atoms with Crippen LogP contribution >= 0.6 is 23.2 Å². The van der Waals surface area contributed by atoms with Crippen LogP contribution in [0.2, 0.25) is 10.0 Å². The topological polar surface area (TPSA) is 3.24 Å². The zero-order valence-corrected chi connectivity index (χ0v) is 21.2. The molecule has 5 rings (SSSR count). The van der Waals surface area contributed by atoms with E-state index in [2.05, 4.69) is 23.1 Å². The van der Waals surface area contributed by atoms with Gasteiger partial charge in [-0.1, -0.05) is 65.7 Å². The molecule has 0 saturated carbocycles. The third-order valence-electron chi connectivity index (χ3n) is 7.19. The molecule has 1 saturated heterocycles. The summed E-state index contributed by atoms with van der Waals surface area (Å²) in [5.41, 5.74) is 6.82. The van der Waals surface area contributed by atoms with Crippen LogP contribution in [-0.4, -0.2) is 31.2 Å². The van der Waals surface area contributed by atoms with E-state index in [1.807, 2.05) is 30.3 Å². The van der Waals surface area contributed by atoms with E-state index < -0.39 is 0 Å². The third-order valence-corrected chi connectivity index (χ3v) is 7.73. The molecule has 1 heterocycles. The Labute approximate surface area is 216 Å². The number of rotatable bonds is 7. The van der Waals surface area contributed by atoms with Gasteiger partial charge < -0.3 is 4.90 Å². The van der Waals surface area contributed by atoms with E-state index in [0.717, 1.165) is 73.2 Å². The highest BCUT2D eigenvalue weighted by Gasteiger charge is 2.27. The lowest BCUT2D eigenvalue weighted by molar-refractivity contribution is 0.0968. The van der Waals surface area contributed by atoms with Crippen molar-refractivity contribution in [1.82, 2.24) is 4.90 Å². The molecule has 0 unspecified atom stereocenters. The van der Waals surface area contributed by atoms with E-state index >= 15 is 4.39 Å². The summed E-state index contributed by atoms with van der Waals surface area (Å²) in [6.07, 6.45) is 4.15. The number of allylic oxidation sites excluding steroid dienone is 1. The summed E-state index contributed by atoms with van der Waals surface area (Å²) in [5, 5.41) is 1.17. The standard InChI is InChI=1S/C30H29Cl2F2N/c31-23-10-12-25(28(32)17-23)26-8-3-6-22-5-1-2-7-24(22)30(26)27-11-9-20(16-29(27)34)15-21-18-35(19-21)14-4-13-33/h1-2,5,7,9-12,16-17,21H,3-4,6,8,13-15,18-19H2. The van der Waals surface area contributed by atoms with Gasteiger partial charge >= 0.3 is 0 Å². The van der Waals surface area contributed by atoms with Crippen molar-refractivity contribution in [2.75, 3.05) is 26.3 Å². The molecule has 182 valence electrons. The predicted molar refractivity (Wildman–Crippen MR) is 142 cm³/mol. The van der Waals surface area contributed by atoms with E-state index in [4.69, 9.17) is 23.2 Å². The fourth-order valence-corrected chi connectivity index (χ4v) is 6.05. The average molecular weight is 512 g/mol. The Morgan fingerprint density at radius 3 is 2.46 bits per heavy atom. The van der Waals surface area contributed by atoms with E-state index in [-0.39, 0.29) is 12.5 Å². The van der Waals surface area contributed by atoms with Gasteiger partial charge in [0.15, 0.2) is 0 Å². The summed E-state index contributed by atoms with van der Waals surface area (Å²) in [5.74, 6) is 0.298. The maximum atomic E-state index is 15.8. The Hall–Kier alpha value is -2.20. The van der Waals surface area contributed by atoms with Crippen molar-refractivity contribution in [3.8, 4) is 0 Å². The maximum absolute atomic E-state index is 15.8. The van der Waals surface area contributed by atoms with Crippen LogP contribution in [-0.2, 0) is 12.8 Å². The lowest BCUT2D eigenvalue weighted by Crippen LogP contribution is -2.47. The smallest absolute Gasteiger partial charge is 0.131 e. The molecule has 1 nitrogen and oxygen atoms in total. The van der Waals surface area contributed by atoms with Crippen LogP contribution in [0.15, 0.2) is 60.7 Å². The summed E-state index contributed by atoms with van der Waals surface area (Å²) in [6, 6.07) is 19.5. The second-order valence-electron chi connectivity index (χ2n) is 9.67. The average Bonchev–Trinajstić information content (AvgIpc) is 3.00. The Balaban J connectivity index is 1.51. The number of fused-ring (bicyclic) bond motifs is 1. The maximum Gasteiger partial charge on any atom is 0.131 e. The molecule has 0 atom stereocenters. The van der Waals surface area contributed by atoms with Crippen LogP contribution in [0.25, 0.3) is 11.1 Å². The van der Waals surface area contributed by atoms with Gasteiger partial charge in [0.25, 0.3) is 0 Å². The van der Waals surface area contributed by atoms with E-state index in [1.165, 1.54) is 5.56 Å². The van der Waals surface area contributed by atoms with Gasteiger partial charge in [-0.3, -0.25) is 4.39 Å². The third kappa shape index (κ3) is 5.33. The first-order valence-electron chi connectivity index (χ1n) is 12.4. The van der Waals surface area contributed by atoms with Crippen molar-refractivity contribution in [2.24, 2.45) is 5.92 Å². The summed E-state index contributed by atoms with van der Waals surface area (Å²) >= 11 is 12.8. The first-order chi connectivity index (χ1) is 17.0. The van der Waals surface area contributed by atoms with Crippen molar-refractivity contribution < 1.29 is 8.78 Å². The predicted octanol–water partition coefficient (Wildman–Crippen LogP) is 8.26. The highest BCUT2D eigenvalue weighted by atomic mass is 35.5. The van der Waals surface area contributed by atoms with Gasteiger partial charge in [-0.15, -0.1) is 0 Å². The first kappa shape index (κ1) is 24.5. The second kappa shape index (κ2) is 10.8. The molecule has 0 aromatic heterocycles. The molecule has 0 radical (unpaired) electrons. The number of benzene rings is 3. The second-order valence-corrected chi connectivity index (χ2v) is 10.5. The van der Waals surface area contributed by atoms with Gasteiger partial charge in [-0.2, -0.15) is 0 Å². The van der Waals surface area contributed by atoms with Gasteiger partial charge in [0, 0.05) is 35.2 Å². The van der Waals surface area contributed by atoms with Crippen molar-refractivity contribution in [1.29, 1.82) is 0 Å². The molecule has 1 aliphatic carbocycles. The molecule has 1 fully saturated rings. The highest BCUT2D eigenvalue weighted by Crippen LogP contribution is 2.43. The van der Waals surface area contributed by atoms with Crippen LogP contribution < -0.4 is 0 Å². The van der Waals surface area contributed by atoms with Crippen LogP contribution in [0, 0.1) is 11.7 Å². The zero-order chi connectivity index (χ0) is 24.4. The molecule has 0 bridgehead atoms. The van der Waals surface area contributed by atoms with Gasteiger partial charge in [-0.25, -0.2) is 4.39 Å². The molecular formula is C30H29Cl2F2N. The molecule has 1 aliphatic heterocycles. The van der Waals surface area contributed by atoms with Crippen LogP contribution in [0.5, 0.6) is 0 Å². The van der Waals surface area contributed by atoms with Gasteiger partial charge in [0.05, 0.1) is 6.67 Å². The molecular weight excluding hydrogens is 483 g/mol. The fourth-order valence-electron chi connectivity index (χ4n) is 5.53. The van der Waals surface area contributed by atoms with Gasteiger partial charge in [-0.05, 0) is 89.6 Å². The number of hydrogen-bond donors (Lipinski definition) is 0. The summed E-state index contributed by atoms with van der Waals surface area (Å²) in [6.45, 7) is 2.46. The fraction of sp³-hybridized carbons (Fsp3) is 0.333. The highest BCUT2D eigenvalue weighted by molar-refractivity contribution is 6.36. The summed E-state index contributed by atoms with van der Waals surface area (Å²) in [7, 11) is 0. The number of likely N-dealkylation sites (tertiary alicyclic amines) is 1.